The number of hydrogen-bond donors (Lipinski definition) is 0. The number of aromatic nitrogens is 2. The van der Waals surface area contributed by atoms with Gasteiger partial charge in [0.1, 0.15) is 11.4 Å². The Bertz CT molecular complexity index is 2090. The van der Waals surface area contributed by atoms with Crippen LogP contribution in [0.4, 0.5) is 0 Å². The van der Waals surface area contributed by atoms with Crippen LogP contribution in [0.15, 0.2) is 85.2 Å². The number of rotatable bonds is 6. The molecule has 0 fully saturated rings. The molecule has 2 aromatic heterocycles. The van der Waals surface area contributed by atoms with E-state index >= 15 is 0 Å². The molecule has 8 nitrogen and oxygen atoms in total. The van der Waals surface area contributed by atoms with E-state index in [1.807, 2.05) is 36.4 Å². The van der Waals surface area contributed by atoms with Gasteiger partial charge in [-0.15, -0.1) is 0 Å². The molecule has 0 amide bonds. The minimum Gasteiger partial charge on any atom is -0.493 e. The van der Waals surface area contributed by atoms with Crippen molar-refractivity contribution in [1.29, 1.82) is 0 Å². The monoisotopic (exact) mass is 660 g/mol. The molecule has 0 radical (unpaired) electrons. The number of benzene rings is 3. The molecule has 0 aliphatic heterocycles. The van der Waals surface area contributed by atoms with Crippen LogP contribution in [0.5, 0.6) is 34.5 Å². The predicted octanol–water partition coefficient (Wildman–Crippen LogP) is 6.13. The lowest BCUT2D eigenvalue weighted by Crippen LogP contribution is -1.96. The average molecular weight is 661 g/mol. The van der Waals surface area contributed by atoms with Crippen LogP contribution in [0, 0.1) is 47.4 Å². The number of pyridine rings is 2. The highest BCUT2D eigenvalue weighted by atomic mass is 16.5. The van der Waals surface area contributed by atoms with Gasteiger partial charge in [0, 0.05) is 82.2 Å². The van der Waals surface area contributed by atoms with E-state index in [0.29, 0.717) is 79.3 Å². The maximum absolute atomic E-state index is 5.61. The minimum atomic E-state index is 0.498. The van der Waals surface area contributed by atoms with Crippen LogP contribution in [0.25, 0.3) is 0 Å². The van der Waals surface area contributed by atoms with E-state index in [-0.39, 0.29) is 0 Å². The molecule has 0 N–H and O–H groups in total. The number of ether oxygens (including phenoxy) is 6. The third-order valence-electron chi connectivity index (χ3n) is 7.22. The molecule has 0 unspecified atom stereocenters. The van der Waals surface area contributed by atoms with Crippen LogP contribution in [0.3, 0.4) is 0 Å². The van der Waals surface area contributed by atoms with Crippen molar-refractivity contribution < 1.29 is 28.4 Å². The van der Waals surface area contributed by atoms with E-state index in [4.69, 9.17) is 28.4 Å². The van der Waals surface area contributed by atoms with Crippen molar-refractivity contribution in [1.82, 2.24) is 9.97 Å². The summed E-state index contributed by atoms with van der Waals surface area (Å²) in [7, 11) is 9.41. The number of nitrogens with zero attached hydrogens (tertiary/aromatic N) is 2. The van der Waals surface area contributed by atoms with Crippen LogP contribution in [-0.2, 0) is 0 Å². The third-order valence-corrected chi connectivity index (χ3v) is 7.22. The SMILES string of the molecule is COc1cc(C#Cc2ccccn2)c(C#Cc2cc(OC)c(OC)cc2C#Cc2cc(OC)c(OC)cc2C#Cc2ccccn2)cc1OC. The second-order valence-electron chi connectivity index (χ2n) is 10.2. The highest BCUT2D eigenvalue weighted by Gasteiger charge is 2.13. The zero-order valence-electron chi connectivity index (χ0n) is 28.4. The van der Waals surface area contributed by atoms with Crippen molar-refractivity contribution in [2.75, 3.05) is 42.7 Å². The van der Waals surface area contributed by atoms with Gasteiger partial charge < -0.3 is 28.4 Å². The Morgan fingerprint density at radius 1 is 0.340 bits per heavy atom. The molecule has 5 rings (SSSR count). The van der Waals surface area contributed by atoms with Gasteiger partial charge >= 0.3 is 0 Å². The summed E-state index contributed by atoms with van der Waals surface area (Å²) in [6.07, 6.45) is 3.38. The van der Waals surface area contributed by atoms with Gasteiger partial charge in [0.25, 0.3) is 0 Å². The lowest BCUT2D eigenvalue weighted by Gasteiger charge is -2.10. The lowest BCUT2D eigenvalue weighted by molar-refractivity contribution is 0.354. The molecule has 8 heteroatoms. The summed E-state index contributed by atoms with van der Waals surface area (Å²) >= 11 is 0. The second-order valence-corrected chi connectivity index (χ2v) is 10.2. The Labute approximate surface area is 292 Å². The molecule has 0 aliphatic rings. The van der Waals surface area contributed by atoms with Gasteiger partial charge in [-0.25, -0.2) is 9.97 Å². The van der Waals surface area contributed by atoms with E-state index in [9.17, 15) is 0 Å². The van der Waals surface area contributed by atoms with Crippen molar-refractivity contribution in [3.63, 3.8) is 0 Å². The summed E-state index contributed by atoms with van der Waals surface area (Å²) in [5, 5.41) is 0. The summed E-state index contributed by atoms with van der Waals surface area (Å²) in [5.74, 6) is 28.7. The largest absolute Gasteiger partial charge is 0.493 e. The van der Waals surface area contributed by atoms with Crippen molar-refractivity contribution in [3.05, 3.63) is 130 Å². The average Bonchev–Trinajstić information content (AvgIpc) is 3.17. The highest BCUT2D eigenvalue weighted by molar-refractivity contribution is 5.66. The van der Waals surface area contributed by atoms with Crippen LogP contribution in [0.2, 0.25) is 0 Å². The molecule has 2 heterocycles. The van der Waals surface area contributed by atoms with Gasteiger partial charge in [0.05, 0.1) is 42.7 Å². The Morgan fingerprint density at radius 3 is 0.780 bits per heavy atom. The molecule has 0 aliphatic carbocycles. The maximum Gasteiger partial charge on any atom is 0.162 e. The Balaban J connectivity index is 1.66. The van der Waals surface area contributed by atoms with Gasteiger partial charge in [0.15, 0.2) is 34.5 Å². The normalized spacial score (nSPS) is 9.56. The predicted molar refractivity (Wildman–Crippen MR) is 191 cm³/mol. The molecule has 0 spiro atoms. The fraction of sp³-hybridized carbons (Fsp3) is 0.143. The molecule has 5 aromatic rings. The van der Waals surface area contributed by atoms with Crippen molar-refractivity contribution >= 4 is 0 Å². The van der Waals surface area contributed by atoms with Gasteiger partial charge in [-0.1, -0.05) is 47.7 Å². The van der Waals surface area contributed by atoms with Crippen LogP contribution in [-0.4, -0.2) is 52.6 Å². The summed E-state index contributed by atoms with van der Waals surface area (Å²) in [5.41, 5.74) is 4.94. The van der Waals surface area contributed by atoms with Crippen molar-refractivity contribution in [2.24, 2.45) is 0 Å². The Morgan fingerprint density at radius 2 is 0.580 bits per heavy atom. The highest BCUT2D eigenvalue weighted by Crippen LogP contribution is 2.33. The third kappa shape index (κ3) is 8.28. The Hall–Kier alpha value is -7.00. The van der Waals surface area contributed by atoms with Gasteiger partial charge in [0.2, 0.25) is 0 Å². The summed E-state index contributed by atoms with van der Waals surface area (Å²) in [6.45, 7) is 0. The molecule has 0 saturated carbocycles. The first-order valence-corrected chi connectivity index (χ1v) is 15.2. The molecule has 246 valence electrons. The first-order valence-electron chi connectivity index (χ1n) is 15.2. The van der Waals surface area contributed by atoms with Crippen LogP contribution in [0.1, 0.15) is 44.8 Å². The van der Waals surface area contributed by atoms with Gasteiger partial charge in [-0.3, -0.25) is 0 Å². The Kier molecular flexibility index (Phi) is 11.5. The van der Waals surface area contributed by atoms with E-state index < -0.39 is 0 Å². The molecular weight excluding hydrogens is 628 g/mol. The van der Waals surface area contributed by atoms with E-state index in [2.05, 4.69) is 57.3 Å². The quantitative estimate of drug-likeness (QED) is 0.202. The summed E-state index contributed by atoms with van der Waals surface area (Å²) in [6, 6.07) is 21.8. The molecule has 50 heavy (non-hydrogen) atoms. The van der Waals surface area contributed by atoms with Crippen LogP contribution < -0.4 is 28.4 Å². The zero-order valence-corrected chi connectivity index (χ0v) is 28.4. The number of hydrogen-bond acceptors (Lipinski definition) is 8. The fourth-order valence-electron chi connectivity index (χ4n) is 4.66. The van der Waals surface area contributed by atoms with E-state index in [0.717, 1.165) is 0 Å². The van der Waals surface area contributed by atoms with Crippen LogP contribution >= 0.6 is 0 Å². The molecular formula is C42H32N2O6. The zero-order chi connectivity index (χ0) is 35.3. The molecule has 3 aromatic carbocycles. The maximum atomic E-state index is 5.61. The summed E-state index contributed by atoms with van der Waals surface area (Å²) in [4.78, 5) is 8.61. The molecule has 0 bridgehead atoms. The minimum absolute atomic E-state index is 0.498. The second kappa shape index (κ2) is 16.7. The topological polar surface area (TPSA) is 81.2 Å². The number of methoxy groups -OCH3 is 6. The van der Waals surface area contributed by atoms with Gasteiger partial charge in [-0.2, -0.15) is 0 Å². The fourth-order valence-corrected chi connectivity index (χ4v) is 4.66. The first-order chi connectivity index (χ1) is 24.5. The lowest BCUT2D eigenvalue weighted by atomic mass is 10.0. The first kappa shape index (κ1) is 34.3. The smallest absolute Gasteiger partial charge is 0.162 e. The van der Waals surface area contributed by atoms with Crippen molar-refractivity contribution in [3.8, 4) is 81.9 Å². The standard InChI is InChI=1S/C42H32N2O6/c1-45-37-23-29(13-15-31-25-39(47-3)41(49-5)27-33(31)17-19-35-11-7-9-21-43-35)30(24-38(37)46-2)14-16-32-26-40(48-4)42(50-6)28-34(32)18-20-36-12-8-10-22-44-36/h7-12,21-28H,1-6H3. The molecule has 0 atom stereocenters. The van der Waals surface area contributed by atoms with Crippen molar-refractivity contribution in [2.45, 2.75) is 0 Å². The van der Waals surface area contributed by atoms with Gasteiger partial charge in [-0.05, 0) is 36.1 Å². The summed E-state index contributed by atoms with van der Waals surface area (Å²) < 4.78 is 33.5. The van der Waals surface area contributed by atoms with E-state index in [1.54, 1.807) is 91.5 Å². The molecule has 0 saturated heterocycles. The van der Waals surface area contributed by atoms with E-state index in [1.165, 1.54) is 0 Å².